The number of carbonyl (C=O) groups is 1. The maximum Gasteiger partial charge on any atom is 0.416 e. The molecule has 3 aromatic carbocycles. The fourth-order valence-corrected chi connectivity index (χ4v) is 3.20. The molecule has 4 rings (SSSR count). The van der Waals surface area contributed by atoms with Gasteiger partial charge in [0.1, 0.15) is 5.75 Å². The van der Waals surface area contributed by atoms with Gasteiger partial charge in [-0.3, -0.25) is 9.59 Å². The second kappa shape index (κ2) is 8.70. The average molecular weight is 451 g/mol. The van der Waals surface area contributed by atoms with Gasteiger partial charge in [-0.05, 0) is 42.0 Å². The predicted octanol–water partition coefficient (Wildman–Crippen LogP) is 4.89. The van der Waals surface area contributed by atoms with Gasteiger partial charge < -0.3 is 4.74 Å². The molecule has 0 bridgehead atoms. The predicted molar refractivity (Wildman–Crippen MR) is 117 cm³/mol. The zero-order valence-corrected chi connectivity index (χ0v) is 17.2. The first-order chi connectivity index (χ1) is 15.7. The molecule has 0 N–H and O–H groups in total. The molecule has 0 radical (unpaired) electrons. The van der Waals surface area contributed by atoms with Crippen LogP contribution >= 0.6 is 0 Å². The summed E-state index contributed by atoms with van der Waals surface area (Å²) < 4.78 is 45.8. The smallest absolute Gasteiger partial charge is 0.416 e. The van der Waals surface area contributed by atoms with E-state index in [0.29, 0.717) is 11.1 Å². The van der Waals surface area contributed by atoms with E-state index < -0.39 is 23.3 Å². The Bertz CT molecular complexity index is 1440. The molecule has 0 amide bonds. The maximum absolute atomic E-state index is 13.3. The molecule has 0 aliphatic rings. The van der Waals surface area contributed by atoms with E-state index in [1.54, 1.807) is 42.5 Å². The summed E-state index contributed by atoms with van der Waals surface area (Å²) in [5.74, 6) is -0.253. The number of fused-ring (bicyclic) bond motifs is 1. The van der Waals surface area contributed by atoms with E-state index in [4.69, 9.17) is 4.74 Å². The highest BCUT2D eigenvalue weighted by Crippen LogP contribution is 2.31. The Kier molecular flexibility index (Phi) is 5.78. The summed E-state index contributed by atoms with van der Waals surface area (Å²) in [6.07, 6.45) is -3.22. The van der Waals surface area contributed by atoms with Crippen molar-refractivity contribution in [2.75, 3.05) is 0 Å². The van der Waals surface area contributed by atoms with Crippen LogP contribution in [0, 0.1) is 0 Å². The Morgan fingerprint density at radius 2 is 1.79 bits per heavy atom. The van der Waals surface area contributed by atoms with Crippen LogP contribution in [0.25, 0.3) is 22.3 Å². The van der Waals surface area contributed by atoms with Gasteiger partial charge in [0.2, 0.25) is 0 Å². The number of nitrogens with zero attached hydrogens (tertiary/aromatic N) is 3. The zero-order valence-electron chi connectivity index (χ0n) is 17.2. The molecule has 33 heavy (non-hydrogen) atoms. The van der Waals surface area contributed by atoms with Crippen molar-refractivity contribution in [3.8, 4) is 17.1 Å². The highest BCUT2D eigenvalue weighted by molar-refractivity contribution is 5.82. The summed E-state index contributed by atoms with van der Waals surface area (Å²) in [5, 5.41) is 4.47. The topological polar surface area (TPSA) is 73.5 Å². The number of hydrogen-bond acceptors (Lipinski definition) is 5. The van der Waals surface area contributed by atoms with Gasteiger partial charge in [-0.25, -0.2) is 4.98 Å². The lowest BCUT2D eigenvalue weighted by molar-refractivity contribution is -0.137. The minimum atomic E-state index is -4.56. The van der Waals surface area contributed by atoms with E-state index in [0.717, 1.165) is 16.8 Å². The van der Waals surface area contributed by atoms with Crippen LogP contribution < -0.4 is 10.3 Å². The molecule has 9 heteroatoms. The van der Waals surface area contributed by atoms with Crippen LogP contribution in [0.4, 0.5) is 13.2 Å². The molecule has 0 aliphatic carbocycles. The van der Waals surface area contributed by atoms with Crippen molar-refractivity contribution >= 4 is 23.1 Å². The fraction of sp³-hybridized carbons (Fsp3) is 0.0833. The minimum Gasteiger partial charge on any atom is -0.427 e. The first-order valence-electron chi connectivity index (χ1n) is 9.74. The number of benzene rings is 3. The monoisotopic (exact) mass is 451 g/mol. The second-order valence-corrected chi connectivity index (χ2v) is 7.06. The van der Waals surface area contributed by atoms with E-state index >= 15 is 0 Å². The van der Waals surface area contributed by atoms with E-state index in [1.807, 2.05) is 0 Å². The summed E-state index contributed by atoms with van der Waals surface area (Å²) >= 11 is 0. The lowest BCUT2D eigenvalue weighted by Crippen LogP contribution is -2.20. The molecule has 0 fully saturated rings. The van der Waals surface area contributed by atoms with E-state index in [-0.39, 0.29) is 22.5 Å². The Labute approximate surface area is 185 Å². The summed E-state index contributed by atoms with van der Waals surface area (Å²) in [4.78, 5) is 28.7. The maximum atomic E-state index is 13.3. The largest absolute Gasteiger partial charge is 0.427 e. The molecule has 0 spiro atoms. The molecular weight excluding hydrogens is 435 g/mol. The molecule has 0 saturated carbocycles. The summed E-state index contributed by atoms with van der Waals surface area (Å²) in [5.41, 5.74) is -0.493. The van der Waals surface area contributed by atoms with Crippen LogP contribution in [-0.2, 0) is 11.0 Å². The number of hydrogen-bond donors (Lipinski definition) is 0. The van der Waals surface area contributed by atoms with Crippen LogP contribution in [-0.4, -0.2) is 21.8 Å². The van der Waals surface area contributed by atoms with Crippen molar-refractivity contribution < 1.29 is 22.7 Å². The first kappa shape index (κ1) is 21.9. The van der Waals surface area contributed by atoms with Crippen molar-refractivity contribution in [2.24, 2.45) is 5.10 Å². The summed E-state index contributed by atoms with van der Waals surface area (Å²) in [7, 11) is 0. The third-order valence-electron chi connectivity index (χ3n) is 4.64. The molecule has 1 aromatic heterocycles. The molecule has 0 atom stereocenters. The van der Waals surface area contributed by atoms with Gasteiger partial charge in [0.25, 0.3) is 5.56 Å². The van der Waals surface area contributed by atoms with Crippen LogP contribution in [0.3, 0.4) is 0 Å². The molecule has 1 heterocycles. The Balaban J connectivity index is 1.88. The van der Waals surface area contributed by atoms with Gasteiger partial charge in [-0.2, -0.15) is 22.9 Å². The zero-order chi connectivity index (χ0) is 23.6. The number of rotatable bonds is 4. The van der Waals surface area contributed by atoms with E-state index in [9.17, 15) is 22.8 Å². The normalized spacial score (nSPS) is 11.8. The third-order valence-corrected chi connectivity index (χ3v) is 4.64. The van der Waals surface area contributed by atoms with E-state index in [2.05, 4.69) is 10.1 Å². The second-order valence-electron chi connectivity index (χ2n) is 7.06. The Hall–Kier alpha value is -4.27. The quantitative estimate of drug-likeness (QED) is 0.252. The van der Waals surface area contributed by atoms with Gasteiger partial charge in [-0.1, -0.05) is 36.4 Å². The van der Waals surface area contributed by atoms with Gasteiger partial charge in [0, 0.05) is 12.5 Å². The molecule has 0 unspecified atom stereocenters. The lowest BCUT2D eigenvalue weighted by Gasteiger charge is -2.12. The van der Waals surface area contributed by atoms with Crippen LogP contribution in [0.2, 0.25) is 0 Å². The average Bonchev–Trinajstić information content (AvgIpc) is 2.78. The molecule has 6 nitrogen and oxygen atoms in total. The van der Waals surface area contributed by atoms with E-state index in [1.165, 1.54) is 31.3 Å². The summed E-state index contributed by atoms with van der Waals surface area (Å²) in [6, 6.07) is 17.5. The molecule has 4 aromatic rings. The number of ether oxygens (including phenoxy) is 1. The minimum absolute atomic E-state index is 0.0443. The van der Waals surface area contributed by atoms with Crippen LogP contribution in [0.15, 0.2) is 82.7 Å². The number of alkyl halides is 3. The van der Waals surface area contributed by atoms with Crippen molar-refractivity contribution in [1.82, 2.24) is 9.66 Å². The summed E-state index contributed by atoms with van der Waals surface area (Å²) in [6.45, 7) is 1.27. The molecule has 0 saturated heterocycles. The number of para-hydroxylation sites is 1. The van der Waals surface area contributed by atoms with Crippen LogP contribution in [0.5, 0.6) is 5.75 Å². The van der Waals surface area contributed by atoms with Gasteiger partial charge >= 0.3 is 12.1 Å². The van der Waals surface area contributed by atoms with Crippen LogP contribution in [0.1, 0.15) is 18.1 Å². The molecular formula is C24H16F3N3O3. The van der Waals surface area contributed by atoms with Crippen molar-refractivity contribution in [1.29, 1.82) is 0 Å². The van der Waals surface area contributed by atoms with Gasteiger partial charge in [0.15, 0.2) is 5.82 Å². The number of esters is 1. The van der Waals surface area contributed by atoms with Gasteiger partial charge in [-0.15, -0.1) is 0 Å². The van der Waals surface area contributed by atoms with Crippen molar-refractivity contribution in [3.63, 3.8) is 0 Å². The number of aromatic nitrogens is 2. The Morgan fingerprint density at radius 1 is 1.03 bits per heavy atom. The van der Waals surface area contributed by atoms with Gasteiger partial charge in [0.05, 0.1) is 22.7 Å². The lowest BCUT2D eigenvalue weighted by atomic mass is 10.1. The standard InChI is InChI=1S/C24H16F3N3O3/c1-15(31)33-19-9-4-6-16(12-19)14-28-30-22(17-7-5-8-18(13-17)24(25,26)27)29-21-11-3-2-10-20(21)23(30)32/h2-14H,1H3. The van der Waals surface area contributed by atoms with Crippen molar-refractivity contribution in [2.45, 2.75) is 13.1 Å². The molecule has 0 aliphatic heterocycles. The number of carbonyl (C=O) groups excluding carboxylic acids is 1. The fourth-order valence-electron chi connectivity index (χ4n) is 3.20. The Morgan fingerprint density at radius 3 is 2.55 bits per heavy atom. The number of halogens is 3. The van der Waals surface area contributed by atoms with Crippen molar-refractivity contribution in [3.05, 3.63) is 94.3 Å². The third kappa shape index (κ3) is 4.82. The molecule has 166 valence electrons. The first-order valence-corrected chi connectivity index (χ1v) is 9.74. The SMILES string of the molecule is CC(=O)Oc1cccc(C=Nn2c(-c3cccc(C(F)(F)F)c3)nc3ccccc3c2=O)c1. The highest BCUT2D eigenvalue weighted by Gasteiger charge is 2.30. The highest BCUT2D eigenvalue weighted by atomic mass is 19.4.